The first-order valence-corrected chi connectivity index (χ1v) is 11.6. The topological polar surface area (TPSA) is 104 Å². The molecule has 5 rings (SSSR count). The Bertz CT molecular complexity index is 1640. The Kier molecular flexibility index (Phi) is 6.30. The number of hydrogen-bond acceptors (Lipinski definition) is 6. The summed E-state index contributed by atoms with van der Waals surface area (Å²) in [4.78, 5) is 41.3. The molecule has 2 heterocycles. The van der Waals surface area contributed by atoms with Crippen LogP contribution in [-0.2, 0) is 4.74 Å². The first kappa shape index (κ1) is 23.6. The molecule has 0 atom stereocenters. The van der Waals surface area contributed by atoms with Crippen molar-refractivity contribution in [3.05, 3.63) is 124 Å². The van der Waals surface area contributed by atoms with E-state index in [4.69, 9.17) is 4.74 Å². The fraction of sp³-hybridized carbons (Fsp3) is 0.0690. The number of fused-ring (bicyclic) bond motifs is 1. The monoisotopic (exact) mass is 491 g/mol. The Morgan fingerprint density at radius 3 is 2.30 bits per heavy atom. The zero-order valence-electron chi connectivity index (χ0n) is 19.8. The number of benzene rings is 3. The highest BCUT2D eigenvalue weighted by Gasteiger charge is 2.23. The average molecular weight is 492 g/mol. The fourth-order valence-corrected chi connectivity index (χ4v) is 4.18. The molecule has 0 unspecified atom stereocenters. The standard InChI is InChI=1S/C29H21N3O5/c1-2-37-29(34)24-16-27(28(33)22-9-6-10-23(15-22)32(35)36)31-18-30-25(17-26(24)31)21-13-11-20(12-14-21)19-7-4-3-5-8-19/h3-18H,2H2,1H3. The van der Waals surface area contributed by atoms with Gasteiger partial charge < -0.3 is 4.74 Å². The Morgan fingerprint density at radius 1 is 0.892 bits per heavy atom. The minimum absolute atomic E-state index is 0.129. The van der Waals surface area contributed by atoms with E-state index >= 15 is 0 Å². The summed E-state index contributed by atoms with van der Waals surface area (Å²) in [6, 6.07) is 26.5. The molecular weight excluding hydrogens is 470 g/mol. The molecule has 8 heteroatoms. The molecule has 0 aliphatic heterocycles. The lowest BCUT2D eigenvalue weighted by Crippen LogP contribution is -2.06. The second-order valence-corrected chi connectivity index (χ2v) is 8.27. The number of carbonyl (C=O) groups is 2. The lowest BCUT2D eigenvalue weighted by atomic mass is 10.0. The van der Waals surface area contributed by atoms with Crippen LogP contribution in [0.2, 0.25) is 0 Å². The molecule has 0 saturated carbocycles. The van der Waals surface area contributed by atoms with Crippen LogP contribution in [0.5, 0.6) is 0 Å². The van der Waals surface area contributed by atoms with E-state index in [-0.39, 0.29) is 29.1 Å². The van der Waals surface area contributed by atoms with E-state index in [0.717, 1.165) is 16.7 Å². The van der Waals surface area contributed by atoms with Gasteiger partial charge in [0.25, 0.3) is 5.69 Å². The minimum Gasteiger partial charge on any atom is -0.462 e. The average Bonchev–Trinajstić information content (AvgIpc) is 3.32. The van der Waals surface area contributed by atoms with Crippen molar-refractivity contribution in [2.24, 2.45) is 0 Å². The van der Waals surface area contributed by atoms with E-state index in [1.165, 1.54) is 41.1 Å². The third-order valence-corrected chi connectivity index (χ3v) is 6.00. The molecule has 0 aliphatic carbocycles. The van der Waals surface area contributed by atoms with Crippen molar-refractivity contribution in [3.63, 3.8) is 0 Å². The molecule has 37 heavy (non-hydrogen) atoms. The van der Waals surface area contributed by atoms with Crippen LogP contribution in [0.3, 0.4) is 0 Å². The number of nitro groups is 1. The van der Waals surface area contributed by atoms with E-state index in [1.807, 2.05) is 54.6 Å². The molecule has 5 aromatic rings. The van der Waals surface area contributed by atoms with Crippen molar-refractivity contribution < 1.29 is 19.2 Å². The highest BCUT2D eigenvalue weighted by Crippen LogP contribution is 2.28. The summed E-state index contributed by atoms with van der Waals surface area (Å²) in [6.45, 7) is 1.87. The van der Waals surface area contributed by atoms with Gasteiger partial charge in [-0.2, -0.15) is 0 Å². The van der Waals surface area contributed by atoms with E-state index < -0.39 is 16.7 Å². The van der Waals surface area contributed by atoms with Crippen LogP contribution in [0.4, 0.5) is 5.69 Å². The number of hydrogen-bond donors (Lipinski definition) is 0. The molecular formula is C29H21N3O5. The quantitative estimate of drug-likeness (QED) is 0.120. The van der Waals surface area contributed by atoms with Crippen LogP contribution < -0.4 is 0 Å². The first-order valence-electron chi connectivity index (χ1n) is 11.6. The van der Waals surface area contributed by atoms with Crippen molar-refractivity contribution >= 4 is 23.0 Å². The van der Waals surface area contributed by atoms with E-state index in [0.29, 0.717) is 11.2 Å². The van der Waals surface area contributed by atoms with Crippen LogP contribution in [0.1, 0.15) is 33.3 Å². The number of ketones is 1. The Hall–Kier alpha value is -5.11. The zero-order chi connectivity index (χ0) is 25.9. The van der Waals surface area contributed by atoms with Gasteiger partial charge in [0.05, 0.1) is 34.0 Å². The van der Waals surface area contributed by atoms with Gasteiger partial charge in [-0.05, 0) is 30.2 Å². The Labute approximate surface area is 211 Å². The maximum absolute atomic E-state index is 13.3. The summed E-state index contributed by atoms with van der Waals surface area (Å²) in [5.74, 6) is -1.05. The number of non-ortho nitro benzene ring substituents is 1. The predicted octanol–water partition coefficient (Wildman–Crippen LogP) is 5.98. The van der Waals surface area contributed by atoms with Gasteiger partial charge in [-0.25, -0.2) is 9.78 Å². The summed E-state index contributed by atoms with van der Waals surface area (Å²) in [5, 5.41) is 11.2. The highest BCUT2D eigenvalue weighted by atomic mass is 16.6. The largest absolute Gasteiger partial charge is 0.462 e. The molecule has 8 nitrogen and oxygen atoms in total. The third-order valence-electron chi connectivity index (χ3n) is 6.00. The second-order valence-electron chi connectivity index (χ2n) is 8.27. The minimum atomic E-state index is -0.574. The second kappa shape index (κ2) is 9.87. The van der Waals surface area contributed by atoms with Gasteiger partial charge in [0.15, 0.2) is 0 Å². The van der Waals surface area contributed by atoms with E-state index in [1.54, 1.807) is 13.0 Å². The van der Waals surface area contributed by atoms with Crippen molar-refractivity contribution in [3.8, 4) is 22.4 Å². The van der Waals surface area contributed by atoms with Gasteiger partial charge >= 0.3 is 5.97 Å². The normalized spacial score (nSPS) is 10.8. The Morgan fingerprint density at radius 2 is 1.59 bits per heavy atom. The molecule has 0 aliphatic rings. The summed E-state index contributed by atoms with van der Waals surface area (Å²) in [6.07, 6.45) is 1.48. The first-order chi connectivity index (χ1) is 18.0. The van der Waals surface area contributed by atoms with Crippen LogP contribution in [-0.4, -0.2) is 32.7 Å². The summed E-state index contributed by atoms with van der Waals surface area (Å²) in [7, 11) is 0. The molecule has 2 aromatic heterocycles. The number of aromatic nitrogens is 2. The fourth-order valence-electron chi connectivity index (χ4n) is 4.18. The van der Waals surface area contributed by atoms with Gasteiger partial charge in [-0.3, -0.25) is 19.3 Å². The molecule has 3 aromatic carbocycles. The van der Waals surface area contributed by atoms with Gasteiger partial charge in [-0.15, -0.1) is 0 Å². The Balaban J connectivity index is 1.58. The molecule has 0 N–H and O–H groups in total. The number of nitro benzene ring substituents is 1. The van der Waals surface area contributed by atoms with Crippen LogP contribution >= 0.6 is 0 Å². The molecule has 0 bridgehead atoms. The van der Waals surface area contributed by atoms with E-state index in [2.05, 4.69) is 4.98 Å². The molecule has 0 saturated heterocycles. The lowest BCUT2D eigenvalue weighted by molar-refractivity contribution is -0.384. The number of esters is 1. The van der Waals surface area contributed by atoms with Crippen molar-refractivity contribution in [1.29, 1.82) is 0 Å². The van der Waals surface area contributed by atoms with E-state index in [9.17, 15) is 19.7 Å². The van der Waals surface area contributed by atoms with Gasteiger partial charge in [0, 0.05) is 23.3 Å². The predicted molar refractivity (Wildman–Crippen MR) is 139 cm³/mol. The maximum atomic E-state index is 13.3. The number of rotatable bonds is 7. The third kappa shape index (κ3) is 4.60. The number of carbonyl (C=O) groups excluding carboxylic acids is 2. The summed E-state index contributed by atoms with van der Waals surface area (Å²) < 4.78 is 6.73. The maximum Gasteiger partial charge on any atom is 0.340 e. The molecule has 0 fully saturated rings. The van der Waals surface area contributed by atoms with Crippen molar-refractivity contribution in [1.82, 2.24) is 9.38 Å². The van der Waals surface area contributed by atoms with Crippen molar-refractivity contribution in [2.45, 2.75) is 6.92 Å². The summed E-state index contributed by atoms with van der Waals surface area (Å²) >= 11 is 0. The number of ether oxygens (including phenoxy) is 1. The lowest BCUT2D eigenvalue weighted by Gasteiger charge is -2.07. The van der Waals surface area contributed by atoms with Crippen molar-refractivity contribution in [2.75, 3.05) is 6.61 Å². The smallest absolute Gasteiger partial charge is 0.340 e. The molecule has 0 radical (unpaired) electrons. The van der Waals surface area contributed by atoms with Crippen LogP contribution in [0, 0.1) is 10.1 Å². The zero-order valence-corrected chi connectivity index (χ0v) is 19.8. The van der Waals surface area contributed by atoms with Crippen LogP contribution in [0.25, 0.3) is 27.9 Å². The SMILES string of the molecule is CCOC(=O)c1cc(C(=O)c2cccc([N+](=O)[O-])c2)n2cnc(-c3ccc(-c4ccccc4)cc3)cc12. The van der Waals surface area contributed by atoms with Gasteiger partial charge in [-0.1, -0.05) is 66.7 Å². The van der Waals surface area contributed by atoms with Crippen LogP contribution in [0.15, 0.2) is 97.3 Å². The van der Waals surface area contributed by atoms with Gasteiger partial charge in [0.1, 0.15) is 6.33 Å². The molecule has 0 spiro atoms. The highest BCUT2D eigenvalue weighted by molar-refractivity contribution is 6.11. The molecule has 0 amide bonds. The summed E-state index contributed by atoms with van der Waals surface area (Å²) in [5.41, 5.74) is 4.35. The van der Waals surface area contributed by atoms with Gasteiger partial charge in [0.2, 0.25) is 5.78 Å². The number of nitrogens with zero attached hydrogens (tertiary/aromatic N) is 3. The molecule has 182 valence electrons.